The van der Waals surface area contributed by atoms with E-state index < -0.39 is 0 Å². The zero-order chi connectivity index (χ0) is 11.5. The van der Waals surface area contributed by atoms with Gasteiger partial charge in [0.05, 0.1) is 0 Å². The van der Waals surface area contributed by atoms with E-state index in [-0.39, 0.29) is 0 Å². The third-order valence-corrected chi connectivity index (χ3v) is 4.19. The fourth-order valence-corrected chi connectivity index (χ4v) is 3.31. The zero-order valence-electron chi connectivity index (χ0n) is 10.6. The fourth-order valence-electron chi connectivity index (χ4n) is 2.43. The third-order valence-electron chi connectivity index (χ3n) is 3.23. The van der Waals surface area contributed by atoms with Gasteiger partial charge >= 0.3 is 0 Å². The van der Waals surface area contributed by atoms with Crippen LogP contribution in [-0.2, 0) is 0 Å². The molecule has 0 radical (unpaired) electrons. The highest BCUT2D eigenvalue weighted by molar-refractivity contribution is 7.10. The fraction of sp³-hybridized carbons (Fsp3) is 0.714. The summed E-state index contributed by atoms with van der Waals surface area (Å²) in [5, 5.41) is 6.02. The van der Waals surface area contributed by atoms with Crippen LogP contribution in [0.4, 0.5) is 0 Å². The van der Waals surface area contributed by atoms with Crippen LogP contribution in [0.2, 0.25) is 0 Å². The summed E-state index contributed by atoms with van der Waals surface area (Å²) in [4.78, 5) is 1.53. The van der Waals surface area contributed by atoms with Crippen molar-refractivity contribution in [3.63, 3.8) is 0 Å². The lowest BCUT2D eigenvalue weighted by Gasteiger charge is -2.23. The summed E-state index contributed by atoms with van der Waals surface area (Å²) < 4.78 is 0. The van der Waals surface area contributed by atoms with Crippen molar-refractivity contribution in [1.82, 2.24) is 5.32 Å². The predicted molar refractivity (Wildman–Crippen MR) is 71.8 cm³/mol. The molecule has 2 rings (SSSR count). The summed E-state index contributed by atoms with van der Waals surface area (Å²) in [6, 6.07) is 5.70. The van der Waals surface area contributed by atoms with E-state index in [4.69, 9.17) is 0 Å². The van der Waals surface area contributed by atoms with Crippen LogP contribution in [0.25, 0.3) is 0 Å². The van der Waals surface area contributed by atoms with Crippen LogP contribution in [0.5, 0.6) is 0 Å². The third kappa shape index (κ3) is 3.33. The molecule has 1 aromatic heterocycles. The maximum atomic E-state index is 3.82. The van der Waals surface area contributed by atoms with Crippen molar-refractivity contribution in [2.45, 2.75) is 52.1 Å². The number of hydrogen-bond donors (Lipinski definition) is 1. The van der Waals surface area contributed by atoms with Crippen LogP contribution >= 0.6 is 11.3 Å². The molecule has 0 aliphatic heterocycles. The molecule has 1 heterocycles. The normalized spacial score (nSPS) is 20.0. The van der Waals surface area contributed by atoms with Gasteiger partial charge < -0.3 is 5.32 Å². The van der Waals surface area contributed by atoms with Crippen molar-refractivity contribution in [2.24, 2.45) is 11.8 Å². The van der Waals surface area contributed by atoms with Gasteiger partial charge in [-0.05, 0) is 49.5 Å². The molecule has 1 saturated carbocycles. The topological polar surface area (TPSA) is 12.0 Å². The van der Waals surface area contributed by atoms with Crippen molar-refractivity contribution in [2.75, 3.05) is 0 Å². The zero-order valence-corrected chi connectivity index (χ0v) is 11.4. The quantitative estimate of drug-likeness (QED) is 0.781. The molecular weight excluding hydrogens is 214 g/mol. The molecule has 1 fully saturated rings. The first-order chi connectivity index (χ1) is 7.66. The molecule has 1 aliphatic rings. The van der Waals surface area contributed by atoms with Gasteiger partial charge in [0.1, 0.15) is 0 Å². The molecule has 2 unspecified atom stereocenters. The highest BCUT2D eigenvalue weighted by Crippen LogP contribution is 2.42. The Labute approximate surface area is 103 Å². The summed E-state index contributed by atoms with van der Waals surface area (Å²) in [5.74, 6) is 1.68. The Morgan fingerprint density at radius 1 is 1.38 bits per heavy atom. The molecule has 2 atom stereocenters. The standard InChI is InChI=1S/C14H23NS/c1-10(2)9-11(3)15-14(12-6-7-12)13-5-4-8-16-13/h4-5,8,10-12,14-15H,6-7,9H2,1-3H3. The van der Waals surface area contributed by atoms with Gasteiger partial charge in [0.2, 0.25) is 0 Å². The second-order valence-electron chi connectivity index (χ2n) is 5.53. The first kappa shape index (κ1) is 12.1. The van der Waals surface area contributed by atoms with E-state index in [0.717, 1.165) is 11.8 Å². The molecule has 2 heteroatoms. The molecule has 16 heavy (non-hydrogen) atoms. The first-order valence-electron chi connectivity index (χ1n) is 6.46. The number of hydrogen-bond acceptors (Lipinski definition) is 2. The predicted octanol–water partition coefficient (Wildman–Crippen LogP) is 4.22. The minimum absolute atomic E-state index is 0.619. The van der Waals surface area contributed by atoms with Crippen LogP contribution in [0.15, 0.2) is 17.5 Å². The highest BCUT2D eigenvalue weighted by Gasteiger charge is 2.33. The molecule has 1 N–H and O–H groups in total. The molecular formula is C14H23NS. The lowest BCUT2D eigenvalue weighted by molar-refractivity contribution is 0.375. The lowest BCUT2D eigenvalue weighted by atomic mass is 10.0. The summed E-state index contributed by atoms with van der Waals surface area (Å²) in [6.07, 6.45) is 4.09. The van der Waals surface area contributed by atoms with Gasteiger partial charge in [-0.1, -0.05) is 19.9 Å². The van der Waals surface area contributed by atoms with E-state index in [1.165, 1.54) is 24.1 Å². The van der Waals surface area contributed by atoms with E-state index in [9.17, 15) is 0 Å². The van der Waals surface area contributed by atoms with Crippen LogP contribution in [0.1, 0.15) is 51.0 Å². The lowest BCUT2D eigenvalue weighted by Crippen LogP contribution is -2.32. The minimum atomic E-state index is 0.619. The van der Waals surface area contributed by atoms with Gasteiger partial charge in [0, 0.05) is 17.0 Å². The minimum Gasteiger partial charge on any atom is -0.306 e. The Hall–Kier alpha value is -0.340. The number of nitrogens with one attached hydrogen (secondary N) is 1. The Bertz CT molecular complexity index is 301. The van der Waals surface area contributed by atoms with Gasteiger partial charge in [-0.2, -0.15) is 0 Å². The van der Waals surface area contributed by atoms with Gasteiger partial charge in [-0.25, -0.2) is 0 Å². The van der Waals surface area contributed by atoms with E-state index in [1.807, 2.05) is 11.3 Å². The average molecular weight is 237 g/mol. The maximum Gasteiger partial charge on any atom is 0.0445 e. The summed E-state index contributed by atoms with van der Waals surface area (Å²) in [5.41, 5.74) is 0. The molecule has 0 bridgehead atoms. The van der Waals surface area contributed by atoms with Crippen molar-refractivity contribution in [3.05, 3.63) is 22.4 Å². The van der Waals surface area contributed by atoms with Gasteiger partial charge in [0.25, 0.3) is 0 Å². The summed E-state index contributed by atoms with van der Waals surface area (Å²) in [7, 11) is 0. The SMILES string of the molecule is CC(C)CC(C)NC(c1cccs1)C1CC1. The van der Waals surface area contributed by atoms with Crippen molar-refractivity contribution in [1.29, 1.82) is 0 Å². The Morgan fingerprint density at radius 2 is 2.12 bits per heavy atom. The van der Waals surface area contributed by atoms with Crippen LogP contribution in [0.3, 0.4) is 0 Å². The largest absolute Gasteiger partial charge is 0.306 e. The molecule has 1 aromatic rings. The molecule has 0 spiro atoms. The van der Waals surface area contributed by atoms with Gasteiger partial charge in [0.15, 0.2) is 0 Å². The van der Waals surface area contributed by atoms with E-state index in [0.29, 0.717) is 12.1 Å². The maximum absolute atomic E-state index is 3.82. The average Bonchev–Trinajstić information content (AvgIpc) is 2.89. The van der Waals surface area contributed by atoms with Crippen molar-refractivity contribution in [3.8, 4) is 0 Å². The van der Waals surface area contributed by atoms with Crippen molar-refractivity contribution < 1.29 is 0 Å². The highest BCUT2D eigenvalue weighted by atomic mass is 32.1. The smallest absolute Gasteiger partial charge is 0.0445 e. The van der Waals surface area contributed by atoms with Gasteiger partial charge in [-0.15, -0.1) is 11.3 Å². The molecule has 90 valence electrons. The molecule has 0 aromatic carbocycles. The van der Waals surface area contributed by atoms with E-state index in [1.54, 1.807) is 0 Å². The Morgan fingerprint density at radius 3 is 2.62 bits per heavy atom. The Balaban J connectivity index is 1.93. The molecule has 1 nitrogen and oxygen atoms in total. The van der Waals surface area contributed by atoms with Crippen LogP contribution < -0.4 is 5.32 Å². The molecule has 0 saturated heterocycles. The summed E-state index contributed by atoms with van der Waals surface area (Å²) >= 11 is 1.90. The van der Waals surface area contributed by atoms with E-state index in [2.05, 4.69) is 43.6 Å². The van der Waals surface area contributed by atoms with Crippen LogP contribution in [0, 0.1) is 11.8 Å². The van der Waals surface area contributed by atoms with E-state index >= 15 is 0 Å². The number of rotatable bonds is 6. The second kappa shape index (κ2) is 5.33. The van der Waals surface area contributed by atoms with Crippen molar-refractivity contribution >= 4 is 11.3 Å². The Kier molecular flexibility index (Phi) is 4.04. The number of thiophene rings is 1. The first-order valence-corrected chi connectivity index (χ1v) is 7.34. The van der Waals surface area contributed by atoms with Gasteiger partial charge in [-0.3, -0.25) is 0 Å². The second-order valence-corrected chi connectivity index (χ2v) is 6.51. The molecule has 1 aliphatic carbocycles. The monoisotopic (exact) mass is 237 g/mol. The molecule has 0 amide bonds. The van der Waals surface area contributed by atoms with Crippen LogP contribution in [-0.4, -0.2) is 6.04 Å². The summed E-state index contributed by atoms with van der Waals surface area (Å²) in [6.45, 7) is 6.92.